The van der Waals surface area contributed by atoms with Gasteiger partial charge in [0.15, 0.2) is 5.16 Å². The van der Waals surface area contributed by atoms with E-state index in [9.17, 15) is 5.21 Å². The highest BCUT2D eigenvalue weighted by atomic mass is 32.2. The average Bonchev–Trinajstić information content (AvgIpc) is 2.75. The molecular formula is C13H10N3OS-. The minimum absolute atomic E-state index is 0.474. The van der Waals surface area contributed by atoms with Crippen LogP contribution in [-0.4, -0.2) is 14.7 Å². The van der Waals surface area contributed by atoms with Crippen molar-refractivity contribution in [3.8, 4) is 0 Å². The number of para-hydroxylation sites is 2. The average molecular weight is 256 g/mol. The Morgan fingerprint density at radius 1 is 1.11 bits per heavy atom. The summed E-state index contributed by atoms with van der Waals surface area (Å²) in [7, 11) is 0. The van der Waals surface area contributed by atoms with Gasteiger partial charge in [-0.1, -0.05) is 30.0 Å². The Morgan fingerprint density at radius 3 is 2.72 bits per heavy atom. The van der Waals surface area contributed by atoms with Crippen molar-refractivity contribution in [2.45, 2.75) is 10.9 Å². The molecule has 0 aliphatic heterocycles. The van der Waals surface area contributed by atoms with E-state index in [0.29, 0.717) is 16.4 Å². The first-order valence-corrected chi connectivity index (χ1v) is 6.51. The standard InChI is InChI=1S/C13H10N3OS/c17-16-12-7-2-1-6-11(12)15-13(16)18-9-10-5-3-4-8-14-10/h1-8H,9H2/q-1. The first-order valence-electron chi connectivity index (χ1n) is 5.52. The molecule has 5 heteroatoms. The fourth-order valence-electron chi connectivity index (χ4n) is 1.69. The number of rotatable bonds is 3. The van der Waals surface area contributed by atoms with Gasteiger partial charge in [0, 0.05) is 11.9 Å². The SMILES string of the molecule is [O-]n1c(SCc2ccccn2)nc2ccccc21. The van der Waals surface area contributed by atoms with Crippen LogP contribution < -0.4 is 0 Å². The molecule has 90 valence electrons. The highest BCUT2D eigenvalue weighted by Crippen LogP contribution is 2.25. The van der Waals surface area contributed by atoms with Crippen LogP contribution in [0.4, 0.5) is 0 Å². The lowest BCUT2D eigenvalue weighted by molar-refractivity contribution is 0.925. The molecule has 4 nitrogen and oxygen atoms in total. The Hall–Kier alpha value is -2.01. The van der Waals surface area contributed by atoms with Crippen molar-refractivity contribution in [3.05, 3.63) is 59.6 Å². The zero-order chi connectivity index (χ0) is 12.4. The monoisotopic (exact) mass is 256 g/mol. The third kappa shape index (κ3) is 2.04. The normalized spacial score (nSPS) is 10.9. The maximum Gasteiger partial charge on any atom is 0.164 e. The molecule has 0 saturated carbocycles. The summed E-state index contributed by atoms with van der Waals surface area (Å²) in [5.74, 6) is 0.645. The van der Waals surface area contributed by atoms with Gasteiger partial charge in [-0.3, -0.25) is 4.98 Å². The highest BCUT2D eigenvalue weighted by molar-refractivity contribution is 7.98. The molecule has 2 aromatic heterocycles. The van der Waals surface area contributed by atoms with Gasteiger partial charge < -0.3 is 9.94 Å². The van der Waals surface area contributed by atoms with E-state index in [-0.39, 0.29) is 0 Å². The lowest BCUT2D eigenvalue weighted by Crippen LogP contribution is -1.90. The molecule has 0 aliphatic rings. The molecular weight excluding hydrogens is 246 g/mol. The van der Waals surface area contributed by atoms with E-state index in [1.165, 1.54) is 11.8 Å². The summed E-state index contributed by atoms with van der Waals surface area (Å²) in [6.45, 7) is 0. The number of fused-ring (bicyclic) bond motifs is 1. The fourth-order valence-corrected chi connectivity index (χ4v) is 2.52. The van der Waals surface area contributed by atoms with E-state index in [1.54, 1.807) is 12.3 Å². The number of imidazole rings is 1. The lowest BCUT2D eigenvalue weighted by Gasteiger charge is -2.11. The summed E-state index contributed by atoms with van der Waals surface area (Å²) in [4.78, 5) is 8.53. The van der Waals surface area contributed by atoms with Crippen molar-refractivity contribution in [1.82, 2.24) is 14.7 Å². The van der Waals surface area contributed by atoms with Gasteiger partial charge in [0.1, 0.15) is 0 Å². The smallest absolute Gasteiger partial charge is 0.164 e. The molecule has 0 amide bonds. The summed E-state index contributed by atoms with van der Waals surface area (Å²) < 4.78 is 0.878. The zero-order valence-corrected chi connectivity index (χ0v) is 10.3. The summed E-state index contributed by atoms with van der Waals surface area (Å²) >= 11 is 1.40. The van der Waals surface area contributed by atoms with E-state index >= 15 is 0 Å². The summed E-state index contributed by atoms with van der Waals surface area (Å²) in [6.07, 6.45) is 1.75. The molecule has 0 fully saturated rings. The van der Waals surface area contributed by atoms with Gasteiger partial charge in [0.05, 0.1) is 16.7 Å². The molecule has 0 spiro atoms. The fraction of sp³-hybridized carbons (Fsp3) is 0.0769. The van der Waals surface area contributed by atoms with Crippen LogP contribution in [0.15, 0.2) is 53.8 Å². The number of thioether (sulfide) groups is 1. The van der Waals surface area contributed by atoms with Gasteiger partial charge in [-0.05, 0) is 24.3 Å². The lowest BCUT2D eigenvalue weighted by atomic mass is 10.3. The van der Waals surface area contributed by atoms with Crippen LogP contribution in [0.1, 0.15) is 5.69 Å². The van der Waals surface area contributed by atoms with Gasteiger partial charge in [-0.25, -0.2) is 4.98 Å². The van der Waals surface area contributed by atoms with E-state index in [0.717, 1.165) is 15.9 Å². The van der Waals surface area contributed by atoms with Crippen LogP contribution in [-0.2, 0) is 5.75 Å². The Balaban J connectivity index is 1.85. The second kappa shape index (κ2) is 4.70. The Morgan fingerprint density at radius 2 is 1.94 bits per heavy atom. The van der Waals surface area contributed by atoms with Crippen molar-refractivity contribution < 1.29 is 0 Å². The third-order valence-corrected chi connectivity index (χ3v) is 3.52. The highest BCUT2D eigenvalue weighted by Gasteiger charge is 2.05. The second-order valence-corrected chi connectivity index (χ2v) is 4.73. The topological polar surface area (TPSA) is 53.8 Å². The molecule has 0 saturated heterocycles. The maximum absolute atomic E-state index is 12.0. The minimum atomic E-state index is 0.474. The van der Waals surface area contributed by atoms with E-state index in [4.69, 9.17) is 0 Å². The van der Waals surface area contributed by atoms with Gasteiger partial charge in [-0.2, -0.15) is 0 Å². The zero-order valence-electron chi connectivity index (χ0n) is 9.48. The summed E-state index contributed by atoms with van der Waals surface area (Å²) in [5, 5.41) is 12.4. The van der Waals surface area contributed by atoms with Crippen LogP contribution in [0.5, 0.6) is 0 Å². The molecule has 2 heterocycles. The quantitative estimate of drug-likeness (QED) is 0.676. The Labute approximate surface area is 108 Å². The van der Waals surface area contributed by atoms with Crippen LogP contribution in [0.3, 0.4) is 0 Å². The van der Waals surface area contributed by atoms with Gasteiger partial charge in [0.25, 0.3) is 0 Å². The number of hydrogen-bond acceptors (Lipinski definition) is 4. The maximum atomic E-state index is 12.0. The van der Waals surface area contributed by atoms with Crippen LogP contribution in [0, 0.1) is 5.21 Å². The molecule has 0 radical (unpaired) electrons. The summed E-state index contributed by atoms with van der Waals surface area (Å²) in [6, 6.07) is 13.1. The molecule has 3 rings (SSSR count). The molecule has 3 aromatic rings. The van der Waals surface area contributed by atoms with Gasteiger partial charge in [0.2, 0.25) is 0 Å². The van der Waals surface area contributed by atoms with E-state index < -0.39 is 0 Å². The Kier molecular flexibility index (Phi) is 2.90. The van der Waals surface area contributed by atoms with Crippen molar-refractivity contribution >= 4 is 22.8 Å². The third-order valence-electron chi connectivity index (χ3n) is 2.57. The second-order valence-electron chi connectivity index (χ2n) is 3.79. The largest absolute Gasteiger partial charge is 0.804 e. The van der Waals surface area contributed by atoms with Gasteiger partial charge in [-0.15, -0.1) is 0 Å². The van der Waals surface area contributed by atoms with Crippen molar-refractivity contribution in [1.29, 1.82) is 0 Å². The Bertz CT molecular complexity index is 666. The number of hydrogen-bond donors (Lipinski definition) is 0. The van der Waals surface area contributed by atoms with Crippen molar-refractivity contribution in [2.75, 3.05) is 0 Å². The van der Waals surface area contributed by atoms with E-state index in [1.807, 2.05) is 36.4 Å². The minimum Gasteiger partial charge on any atom is -0.804 e. The first-order chi connectivity index (χ1) is 8.84. The van der Waals surface area contributed by atoms with E-state index in [2.05, 4.69) is 9.97 Å². The molecule has 0 unspecified atom stereocenters. The molecule has 0 bridgehead atoms. The number of nitrogens with zero attached hydrogens (tertiary/aromatic N) is 3. The first kappa shape index (κ1) is 11.1. The predicted octanol–water partition coefficient (Wildman–Crippen LogP) is 3.07. The summed E-state index contributed by atoms with van der Waals surface area (Å²) in [5.41, 5.74) is 2.28. The number of pyridine rings is 1. The van der Waals surface area contributed by atoms with Crippen LogP contribution in [0.2, 0.25) is 0 Å². The molecule has 18 heavy (non-hydrogen) atoms. The molecule has 0 N–H and O–H groups in total. The molecule has 0 aliphatic carbocycles. The number of aromatic nitrogens is 3. The van der Waals surface area contributed by atoms with Crippen molar-refractivity contribution in [3.63, 3.8) is 0 Å². The van der Waals surface area contributed by atoms with Crippen LogP contribution in [0.25, 0.3) is 11.0 Å². The molecule has 0 atom stereocenters. The van der Waals surface area contributed by atoms with Gasteiger partial charge >= 0.3 is 0 Å². The van der Waals surface area contributed by atoms with Crippen molar-refractivity contribution in [2.24, 2.45) is 0 Å². The molecule has 1 aromatic carbocycles. The number of benzene rings is 1. The van der Waals surface area contributed by atoms with Crippen LogP contribution >= 0.6 is 11.8 Å². The predicted molar refractivity (Wildman–Crippen MR) is 72.3 cm³/mol.